The van der Waals surface area contributed by atoms with Crippen molar-refractivity contribution in [1.29, 1.82) is 0 Å². The van der Waals surface area contributed by atoms with E-state index in [-0.39, 0.29) is 42.2 Å². The van der Waals surface area contributed by atoms with Crippen molar-refractivity contribution in [2.75, 3.05) is 5.73 Å². The van der Waals surface area contributed by atoms with E-state index in [1.54, 1.807) is 15.8 Å². The largest absolute Gasteiger partial charge is 0.382 e. The number of imidazole rings is 1. The number of halogens is 1. The molecular weight excluding hydrogens is 430 g/mol. The van der Waals surface area contributed by atoms with Crippen LogP contribution in [0.15, 0.2) is 36.9 Å². The summed E-state index contributed by atoms with van der Waals surface area (Å²) in [6, 6.07) is 7.51. The molecule has 2 saturated carbocycles. The van der Waals surface area contributed by atoms with Crippen LogP contribution in [-0.2, 0) is 16.1 Å². The summed E-state index contributed by atoms with van der Waals surface area (Å²) in [5.74, 6) is 0.734. The van der Waals surface area contributed by atoms with Gasteiger partial charge < -0.3 is 20.5 Å². The predicted octanol–water partition coefficient (Wildman–Crippen LogP) is 1.72. The maximum atomic E-state index is 13.2. The molecule has 2 aromatic heterocycles. The molecular formula is C22H22ClN7O2. The van der Waals surface area contributed by atoms with Gasteiger partial charge in [0, 0.05) is 23.0 Å². The molecule has 3 heterocycles. The summed E-state index contributed by atoms with van der Waals surface area (Å²) in [5, 5.41) is 3.87. The van der Waals surface area contributed by atoms with Crippen molar-refractivity contribution >= 4 is 40.4 Å². The molecule has 5 atom stereocenters. The Hall–Kier alpha value is -3.20. The fourth-order valence-corrected chi connectivity index (χ4v) is 5.32. The van der Waals surface area contributed by atoms with Crippen molar-refractivity contribution < 1.29 is 9.59 Å². The Labute approximate surface area is 189 Å². The van der Waals surface area contributed by atoms with Gasteiger partial charge in [0.2, 0.25) is 11.8 Å². The Balaban J connectivity index is 1.15. The molecule has 3 fully saturated rings. The van der Waals surface area contributed by atoms with Crippen LogP contribution in [0.1, 0.15) is 30.7 Å². The molecule has 1 aliphatic heterocycles. The van der Waals surface area contributed by atoms with Crippen molar-refractivity contribution in [2.45, 2.75) is 49.9 Å². The van der Waals surface area contributed by atoms with Crippen LogP contribution in [0.5, 0.6) is 0 Å². The average molecular weight is 452 g/mol. The van der Waals surface area contributed by atoms with E-state index in [4.69, 9.17) is 17.3 Å². The van der Waals surface area contributed by atoms with E-state index in [0.717, 1.165) is 23.4 Å². The second-order valence-electron chi connectivity index (χ2n) is 8.90. The lowest BCUT2D eigenvalue weighted by Crippen LogP contribution is -2.49. The molecule has 0 spiro atoms. The molecule has 164 valence electrons. The van der Waals surface area contributed by atoms with Gasteiger partial charge in [0.15, 0.2) is 11.5 Å². The highest BCUT2D eigenvalue weighted by Crippen LogP contribution is 2.49. The zero-order valence-corrected chi connectivity index (χ0v) is 17.9. The van der Waals surface area contributed by atoms with Crippen LogP contribution in [0.4, 0.5) is 5.82 Å². The topological polar surface area (TPSA) is 119 Å². The van der Waals surface area contributed by atoms with Crippen LogP contribution in [0.3, 0.4) is 0 Å². The number of nitrogens with two attached hydrogens (primary N) is 1. The molecule has 0 radical (unpaired) electrons. The smallest absolute Gasteiger partial charge is 0.243 e. The molecule has 3 aromatic rings. The first-order valence-electron chi connectivity index (χ1n) is 10.8. The highest BCUT2D eigenvalue weighted by atomic mass is 35.5. The fourth-order valence-electron chi connectivity index (χ4n) is 5.04. The van der Waals surface area contributed by atoms with Gasteiger partial charge in [-0.05, 0) is 36.8 Å². The van der Waals surface area contributed by atoms with E-state index in [1.165, 1.54) is 6.33 Å². The number of amides is 2. The minimum atomic E-state index is -0.437. The van der Waals surface area contributed by atoms with Crippen molar-refractivity contribution in [2.24, 2.45) is 5.92 Å². The van der Waals surface area contributed by atoms with Gasteiger partial charge in [0.05, 0.1) is 6.33 Å². The van der Waals surface area contributed by atoms with Gasteiger partial charge in [-0.15, -0.1) is 0 Å². The molecule has 10 heteroatoms. The summed E-state index contributed by atoms with van der Waals surface area (Å²) in [6.45, 7) is 0.0611. The van der Waals surface area contributed by atoms with E-state index in [9.17, 15) is 9.59 Å². The Morgan fingerprint density at radius 1 is 1.16 bits per heavy atom. The summed E-state index contributed by atoms with van der Waals surface area (Å²) in [7, 11) is 0. The van der Waals surface area contributed by atoms with Gasteiger partial charge in [0.1, 0.15) is 24.4 Å². The first-order valence-corrected chi connectivity index (χ1v) is 11.2. The molecule has 1 saturated heterocycles. The number of rotatable bonds is 5. The van der Waals surface area contributed by atoms with Gasteiger partial charge in [-0.1, -0.05) is 29.8 Å². The van der Waals surface area contributed by atoms with Gasteiger partial charge in [0.25, 0.3) is 0 Å². The molecule has 1 aromatic carbocycles. The maximum Gasteiger partial charge on any atom is 0.243 e. The molecule has 32 heavy (non-hydrogen) atoms. The van der Waals surface area contributed by atoms with Gasteiger partial charge in [-0.25, -0.2) is 15.0 Å². The molecule has 9 nitrogen and oxygen atoms in total. The number of aromatic nitrogens is 4. The van der Waals surface area contributed by atoms with Gasteiger partial charge in [-0.3, -0.25) is 9.59 Å². The number of piperidine rings is 1. The Kier molecular flexibility index (Phi) is 4.36. The molecule has 3 N–H and O–H groups in total. The monoisotopic (exact) mass is 451 g/mol. The highest BCUT2D eigenvalue weighted by Gasteiger charge is 2.56. The fraction of sp³-hybridized carbons (Fsp3) is 0.409. The minimum Gasteiger partial charge on any atom is -0.382 e. The standard InChI is InChI=1S/C22H22ClN7O2/c23-14-4-2-1-3-12(14)13-7-15(13)28-22(32)17-6-11-5-16(11)30(17)18(31)8-29-10-27-19-20(24)25-9-26-21(19)29/h1-4,9-11,13,15-17H,5-8H2,(H,28,32)(H2,24,25,26)/t11-,13+,15-,16-,17+/m1/s1. The molecule has 6 rings (SSSR count). The van der Waals surface area contributed by atoms with Crippen molar-refractivity contribution in [3.63, 3.8) is 0 Å². The van der Waals surface area contributed by atoms with Crippen LogP contribution >= 0.6 is 11.6 Å². The summed E-state index contributed by atoms with van der Waals surface area (Å²) in [5.41, 5.74) is 7.89. The third kappa shape index (κ3) is 3.19. The van der Waals surface area contributed by atoms with Crippen molar-refractivity contribution in [3.8, 4) is 0 Å². The summed E-state index contributed by atoms with van der Waals surface area (Å²) >= 11 is 6.31. The number of nitrogens with one attached hydrogen (secondary N) is 1. The third-order valence-corrected chi connectivity index (χ3v) is 7.20. The van der Waals surface area contributed by atoms with E-state index in [1.807, 2.05) is 24.3 Å². The van der Waals surface area contributed by atoms with E-state index in [0.29, 0.717) is 23.5 Å². The molecule has 0 bridgehead atoms. The maximum absolute atomic E-state index is 13.2. The normalized spacial score (nSPS) is 27.9. The number of hydrogen-bond donors (Lipinski definition) is 2. The average Bonchev–Trinajstić information content (AvgIpc) is 3.64. The lowest BCUT2D eigenvalue weighted by molar-refractivity contribution is -0.140. The lowest BCUT2D eigenvalue weighted by Gasteiger charge is -2.27. The van der Waals surface area contributed by atoms with E-state index < -0.39 is 6.04 Å². The number of carbonyl (C=O) groups excluding carboxylic acids is 2. The summed E-state index contributed by atoms with van der Waals surface area (Å²) in [4.78, 5) is 40.5. The lowest BCUT2D eigenvalue weighted by atomic mass is 10.1. The molecule has 3 aliphatic rings. The number of hydrogen-bond acceptors (Lipinski definition) is 6. The first kappa shape index (κ1) is 19.5. The number of anilines is 1. The summed E-state index contributed by atoms with van der Waals surface area (Å²) in [6.07, 6.45) is 5.44. The second kappa shape index (κ2) is 7.16. The Bertz CT molecular complexity index is 1240. The number of fused-ring (bicyclic) bond motifs is 2. The van der Waals surface area contributed by atoms with E-state index in [2.05, 4.69) is 20.3 Å². The zero-order valence-electron chi connectivity index (χ0n) is 17.2. The van der Waals surface area contributed by atoms with Crippen LogP contribution < -0.4 is 11.1 Å². The first-order chi connectivity index (χ1) is 15.5. The van der Waals surface area contributed by atoms with Crippen LogP contribution in [-0.4, -0.2) is 54.4 Å². The Morgan fingerprint density at radius 3 is 2.84 bits per heavy atom. The predicted molar refractivity (Wildman–Crippen MR) is 118 cm³/mol. The second-order valence-corrected chi connectivity index (χ2v) is 9.31. The van der Waals surface area contributed by atoms with Crippen molar-refractivity contribution in [3.05, 3.63) is 47.5 Å². The van der Waals surface area contributed by atoms with Crippen LogP contribution in [0.2, 0.25) is 5.02 Å². The highest BCUT2D eigenvalue weighted by molar-refractivity contribution is 6.31. The number of likely N-dealkylation sites (tertiary alicyclic amines) is 1. The van der Waals surface area contributed by atoms with Crippen LogP contribution in [0, 0.1) is 5.92 Å². The van der Waals surface area contributed by atoms with Crippen LogP contribution in [0.25, 0.3) is 11.2 Å². The van der Waals surface area contributed by atoms with Gasteiger partial charge in [-0.2, -0.15) is 0 Å². The number of carbonyl (C=O) groups is 2. The number of nitrogen functional groups attached to an aromatic ring is 1. The quantitative estimate of drug-likeness (QED) is 0.609. The number of benzene rings is 1. The summed E-state index contributed by atoms with van der Waals surface area (Å²) < 4.78 is 1.66. The minimum absolute atomic E-state index is 0.0611. The molecule has 2 aliphatic carbocycles. The molecule has 2 amide bonds. The third-order valence-electron chi connectivity index (χ3n) is 6.85. The van der Waals surface area contributed by atoms with E-state index >= 15 is 0 Å². The Morgan fingerprint density at radius 2 is 2.00 bits per heavy atom. The zero-order chi connectivity index (χ0) is 22.0. The van der Waals surface area contributed by atoms with Crippen molar-refractivity contribution in [1.82, 2.24) is 29.7 Å². The van der Waals surface area contributed by atoms with Gasteiger partial charge >= 0.3 is 0 Å². The number of nitrogens with zero attached hydrogens (tertiary/aromatic N) is 5. The molecule has 0 unspecified atom stereocenters. The SMILES string of the molecule is Nc1ncnc2c1ncn2CC(=O)N1[C@@H]2C[C@@H]2C[C@H]1C(=O)N[C@@H]1C[C@H]1c1ccccc1Cl.